The first kappa shape index (κ1) is 24.2. The number of aryl methyl sites for hydroxylation is 1. The largest absolute Gasteiger partial charge is 0.0984 e. The average Bonchev–Trinajstić information content (AvgIpc) is 2.74. The summed E-state index contributed by atoms with van der Waals surface area (Å²) < 4.78 is 0. The van der Waals surface area contributed by atoms with Gasteiger partial charge in [0.05, 0.1) is 0 Å². The molecule has 0 bridgehead atoms. The van der Waals surface area contributed by atoms with E-state index in [1.807, 2.05) is 19.9 Å². The lowest BCUT2D eigenvalue weighted by Crippen LogP contribution is -1.90. The van der Waals surface area contributed by atoms with Crippen LogP contribution in [0.4, 0.5) is 0 Å². The maximum absolute atomic E-state index is 4.03. The zero-order valence-corrected chi connectivity index (χ0v) is 19.2. The van der Waals surface area contributed by atoms with Crippen LogP contribution in [0.25, 0.3) is 22.3 Å². The van der Waals surface area contributed by atoms with Gasteiger partial charge >= 0.3 is 0 Å². The minimum absolute atomic E-state index is 1.13. The molecule has 0 unspecified atom stereocenters. The molecule has 2 aromatic carbocycles. The highest BCUT2D eigenvalue weighted by molar-refractivity contribution is 5.84. The lowest BCUT2D eigenvalue weighted by atomic mass is 9.92. The Labute approximate surface area is 178 Å². The van der Waals surface area contributed by atoms with Gasteiger partial charge in [0.25, 0.3) is 0 Å². The van der Waals surface area contributed by atoms with Crippen molar-refractivity contribution in [1.29, 1.82) is 0 Å². The molecule has 0 nitrogen and oxygen atoms in total. The van der Waals surface area contributed by atoms with Crippen LogP contribution in [0.15, 0.2) is 91.1 Å². The molecule has 29 heavy (non-hydrogen) atoms. The van der Waals surface area contributed by atoms with Gasteiger partial charge in [-0.25, -0.2) is 0 Å². The molecule has 0 aromatic heterocycles. The molecule has 2 aromatic rings. The number of hydrogen-bond acceptors (Lipinski definition) is 0. The lowest BCUT2D eigenvalue weighted by Gasteiger charge is -2.12. The first-order chi connectivity index (χ1) is 14.0. The van der Waals surface area contributed by atoms with Crippen molar-refractivity contribution in [2.75, 3.05) is 0 Å². The number of hydrogen-bond donors (Lipinski definition) is 0. The van der Waals surface area contributed by atoms with E-state index in [2.05, 4.69) is 114 Å². The summed E-state index contributed by atoms with van der Waals surface area (Å²) in [5.41, 5.74) is 9.73. The van der Waals surface area contributed by atoms with Crippen LogP contribution >= 0.6 is 0 Å². The molecule has 0 atom stereocenters. The molecule has 0 fully saturated rings. The van der Waals surface area contributed by atoms with Crippen molar-refractivity contribution in [2.45, 2.75) is 48.5 Å². The molecule has 152 valence electrons. The second-order valence-corrected chi connectivity index (χ2v) is 6.98. The minimum Gasteiger partial charge on any atom is -0.0984 e. The van der Waals surface area contributed by atoms with Gasteiger partial charge < -0.3 is 0 Å². The SMILES string of the molecule is C=C/C(=C\C=C(C)C)c1cc(C(/C=C\C)=C/C)cc(-c2ccc(C)cc2)c1.CC. The highest BCUT2D eigenvalue weighted by Gasteiger charge is 2.07. The summed E-state index contributed by atoms with van der Waals surface area (Å²) in [5.74, 6) is 0. The van der Waals surface area contributed by atoms with Crippen molar-refractivity contribution in [3.05, 3.63) is 108 Å². The van der Waals surface area contributed by atoms with Gasteiger partial charge in [-0.1, -0.05) is 92.3 Å². The fourth-order valence-corrected chi connectivity index (χ4v) is 2.95. The number of rotatable bonds is 6. The van der Waals surface area contributed by atoms with Crippen molar-refractivity contribution in [3.63, 3.8) is 0 Å². The molecule has 0 heterocycles. The van der Waals surface area contributed by atoms with Crippen molar-refractivity contribution >= 4 is 11.1 Å². The normalized spacial score (nSPS) is 11.7. The summed E-state index contributed by atoms with van der Waals surface area (Å²) in [5, 5.41) is 0. The third kappa shape index (κ3) is 7.23. The molecular formula is C29H36. The molecule has 2 rings (SSSR count). The maximum Gasteiger partial charge on any atom is -0.0172 e. The zero-order valence-electron chi connectivity index (χ0n) is 19.2. The Bertz CT molecular complexity index is 909. The van der Waals surface area contributed by atoms with Gasteiger partial charge in [-0.2, -0.15) is 0 Å². The van der Waals surface area contributed by atoms with Gasteiger partial charge in [-0.3, -0.25) is 0 Å². The van der Waals surface area contributed by atoms with Crippen LogP contribution in [-0.4, -0.2) is 0 Å². The van der Waals surface area contributed by atoms with E-state index in [1.165, 1.54) is 39.0 Å². The first-order valence-corrected chi connectivity index (χ1v) is 10.5. The van der Waals surface area contributed by atoms with Crippen LogP contribution in [0, 0.1) is 6.92 Å². The van der Waals surface area contributed by atoms with E-state index in [1.54, 1.807) is 0 Å². The van der Waals surface area contributed by atoms with E-state index in [0.717, 1.165) is 5.57 Å². The lowest BCUT2D eigenvalue weighted by molar-refractivity contribution is 1.39. The third-order valence-corrected chi connectivity index (χ3v) is 4.46. The Hall–Kier alpha value is -2.86. The van der Waals surface area contributed by atoms with Crippen LogP contribution in [0.1, 0.15) is 58.2 Å². The molecule has 0 spiro atoms. The standard InChI is InChI=1S/C27H30.C2H6/c1-7-10-22(8-2)25-17-26(23(9-3)14-11-20(4)5)19-27(18-25)24-15-12-21(6)13-16-24;1-2/h7-19H,3H2,1-2,4-6H3;1-2H3/b10-7-,22-8+,23-14+;. The third-order valence-electron chi connectivity index (χ3n) is 4.46. The smallest absolute Gasteiger partial charge is 0.0172 e. The van der Waals surface area contributed by atoms with Gasteiger partial charge in [-0.05, 0) is 86.2 Å². The van der Waals surface area contributed by atoms with Crippen molar-refractivity contribution in [3.8, 4) is 11.1 Å². The number of benzene rings is 2. The topological polar surface area (TPSA) is 0 Å². The van der Waals surface area contributed by atoms with Crippen molar-refractivity contribution in [1.82, 2.24) is 0 Å². The van der Waals surface area contributed by atoms with Gasteiger partial charge in [0, 0.05) is 0 Å². The second kappa shape index (κ2) is 12.6. The van der Waals surface area contributed by atoms with Crippen molar-refractivity contribution in [2.24, 2.45) is 0 Å². The second-order valence-electron chi connectivity index (χ2n) is 6.98. The van der Waals surface area contributed by atoms with Gasteiger partial charge in [0.2, 0.25) is 0 Å². The van der Waals surface area contributed by atoms with Crippen LogP contribution in [0.3, 0.4) is 0 Å². The van der Waals surface area contributed by atoms with Gasteiger partial charge in [0.1, 0.15) is 0 Å². The quantitative estimate of drug-likeness (QED) is 0.435. The van der Waals surface area contributed by atoms with Crippen LogP contribution in [0.5, 0.6) is 0 Å². The maximum atomic E-state index is 4.03. The van der Waals surface area contributed by atoms with E-state index in [-0.39, 0.29) is 0 Å². The highest BCUT2D eigenvalue weighted by atomic mass is 14.1. The van der Waals surface area contributed by atoms with E-state index < -0.39 is 0 Å². The molecule has 0 radical (unpaired) electrons. The monoisotopic (exact) mass is 384 g/mol. The highest BCUT2D eigenvalue weighted by Crippen LogP contribution is 2.30. The predicted octanol–water partition coefficient (Wildman–Crippen LogP) is 9.20. The molecule has 0 aliphatic rings. The van der Waals surface area contributed by atoms with Crippen LogP contribution in [0.2, 0.25) is 0 Å². The summed E-state index contributed by atoms with van der Waals surface area (Å²) in [4.78, 5) is 0. The van der Waals surface area contributed by atoms with Crippen LogP contribution < -0.4 is 0 Å². The molecule has 0 amide bonds. The summed E-state index contributed by atoms with van der Waals surface area (Å²) in [6, 6.07) is 15.5. The molecular weight excluding hydrogens is 348 g/mol. The summed E-state index contributed by atoms with van der Waals surface area (Å²) in [7, 11) is 0. The van der Waals surface area contributed by atoms with Gasteiger partial charge in [-0.15, -0.1) is 0 Å². The molecule has 0 heteroatoms. The Morgan fingerprint density at radius 3 is 1.86 bits per heavy atom. The molecule has 0 N–H and O–H groups in total. The predicted molar refractivity (Wildman–Crippen MR) is 134 cm³/mol. The minimum atomic E-state index is 1.13. The Balaban J connectivity index is 0.00000204. The Morgan fingerprint density at radius 1 is 0.793 bits per heavy atom. The first-order valence-electron chi connectivity index (χ1n) is 10.5. The van der Waals surface area contributed by atoms with E-state index >= 15 is 0 Å². The Morgan fingerprint density at radius 2 is 1.38 bits per heavy atom. The van der Waals surface area contributed by atoms with E-state index in [4.69, 9.17) is 0 Å². The molecule has 0 saturated heterocycles. The Kier molecular flexibility index (Phi) is 10.5. The molecule has 0 aliphatic carbocycles. The summed E-state index contributed by atoms with van der Waals surface area (Å²) >= 11 is 0. The molecule has 0 aliphatic heterocycles. The number of allylic oxidation sites excluding steroid dienone is 9. The molecule has 0 saturated carbocycles. The van der Waals surface area contributed by atoms with E-state index in [0.29, 0.717) is 0 Å². The fourth-order valence-electron chi connectivity index (χ4n) is 2.95. The zero-order chi connectivity index (χ0) is 21.8. The average molecular weight is 385 g/mol. The van der Waals surface area contributed by atoms with E-state index in [9.17, 15) is 0 Å². The van der Waals surface area contributed by atoms with Gasteiger partial charge in [0.15, 0.2) is 0 Å². The van der Waals surface area contributed by atoms with Crippen molar-refractivity contribution < 1.29 is 0 Å². The summed E-state index contributed by atoms with van der Waals surface area (Å²) in [6.07, 6.45) is 12.6. The summed E-state index contributed by atoms with van der Waals surface area (Å²) in [6.45, 7) is 18.5. The van der Waals surface area contributed by atoms with Crippen LogP contribution in [-0.2, 0) is 0 Å². The fraction of sp³-hybridized carbons (Fsp3) is 0.241.